The normalized spacial score (nSPS) is 16.5. The average molecular weight is 338 g/mol. The van der Waals surface area contributed by atoms with Crippen LogP contribution in [-0.4, -0.2) is 41.5 Å². The Hall–Kier alpha value is -2.28. The Morgan fingerprint density at radius 3 is 2.54 bits per heavy atom. The number of amides is 2. The fourth-order valence-electron chi connectivity index (χ4n) is 2.72. The van der Waals surface area contributed by atoms with E-state index in [1.165, 1.54) is 6.07 Å². The summed E-state index contributed by atoms with van der Waals surface area (Å²) in [6.45, 7) is 4.15. The molecule has 0 saturated carbocycles. The summed E-state index contributed by atoms with van der Waals surface area (Å²) in [5.74, 6) is -2.44. The first-order valence-electron chi connectivity index (χ1n) is 7.72. The van der Waals surface area contributed by atoms with Gasteiger partial charge in [0.15, 0.2) is 11.6 Å². The summed E-state index contributed by atoms with van der Waals surface area (Å²) < 4.78 is 26.4. The quantitative estimate of drug-likeness (QED) is 0.799. The lowest BCUT2D eigenvalue weighted by molar-refractivity contribution is -0.135. The van der Waals surface area contributed by atoms with Gasteiger partial charge in [0.25, 0.3) is 0 Å². The second kappa shape index (κ2) is 7.53. The molecule has 1 aromatic rings. The minimum absolute atomic E-state index is 0.133. The number of hydrogen-bond acceptors (Lipinski definition) is 3. The van der Waals surface area contributed by atoms with Crippen LogP contribution in [-0.2, 0) is 15.2 Å². The molecule has 130 valence electrons. The number of nitrogens with zero attached hydrogens (tertiary/aromatic N) is 1. The standard InChI is InChI=1S/C17H20F2N2O3/c1-2-15(22)20-8-5-16(23)21-9-6-17(24,7-10-21)12-3-4-13(18)14(19)11-12/h2-4,11,24H,1,5-10H2,(H,20,22). The number of carbonyl (C=O) groups is 2. The highest BCUT2D eigenvalue weighted by Crippen LogP contribution is 2.33. The fourth-order valence-corrected chi connectivity index (χ4v) is 2.72. The van der Waals surface area contributed by atoms with Gasteiger partial charge >= 0.3 is 0 Å². The van der Waals surface area contributed by atoms with Crippen LogP contribution in [0.4, 0.5) is 8.78 Å². The van der Waals surface area contributed by atoms with E-state index in [0.29, 0.717) is 18.7 Å². The summed E-state index contributed by atoms with van der Waals surface area (Å²) >= 11 is 0. The van der Waals surface area contributed by atoms with Gasteiger partial charge < -0.3 is 15.3 Å². The van der Waals surface area contributed by atoms with E-state index in [4.69, 9.17) is 0 Å². The maximum absolute atomic E-state index is 13.4. The molecule has 1 heterocycles. The third kappa shape index (κ3) is 4.17. The number of halogens is 2. The van der Waals surface area contributed by atoms with E-state index >= 15 is 0 Å². The molecule has 0 aliphatic carbocycles. The van der Waals surface area contributed by atoms with Gasteiger partial charge in [-0.1, -0.05) is 12.6 Å². The Bertz CT molecular complexity index is 641. The first-order valence-corrected chi connectivity index (χ1v) is 7.72. The molecule has 2 amide bonds. The monoisotopic (exact) mass is 338 g/mol. The number of piperidine rings is 1. The zero-order valence-electron chi connectivity index (χ0n) is 13.2. The predicted molar refractivity (Wildman–Crippen MR) is 83.9 cm³/mol. The summed E-state index contributed by atoms with van der Waals surface area (Å²) in [5, 5.41) is 13.2. The molecule has 0 unspecified atom stereocenters. The van der Waals surface area contributed by atoms with E-state index in [1.807, 2.05) is 0 Å². The summed E-state index contributed by atoms with van der Waals surface area (Å²) in [5.41, 5.74) is -0.964. The zero-order chi connectivity index (χ0) is 17.7. The van der Waals surface area contributed by atoms with Gasteiger partial charge in [0.2, 0.25) is 11.8 Å². The van der Waals surface area contributed by atoms with Crippen molar-refractivity contribution < 1.29 is 23.5 Å². The first-order chi connectivity index (χ1) is 11.4. The van der Waals surface area contributed by atoms with Gasteiger partial charge in [-0.25, -0.2) is 8.78 Å². The number of carbonyl (C=O) groups excluding carboxylic acids is 2. The molecule has 2 N–H and O–H groups in total. The molecular weight excluding hydrogens is 318 g/mol. The first kappa shape index (κ1) is 18.1. The highest BCUT2D eigenvalue weighted by atomic mass is 19.2. The van der Waals surface area contributed by atoms with Crippen molar-refractivity contribution in [1.82, 2.24) is 10.2 Å². The van der Waals surface area contributed by atoms with Crippen molar-refractivity contribution in [3.63, 3.8) is 0 Å². The van der Waals surface area contributed by atoms with Crippen molar-refractivity contribution in [2.24, 2.45) is 0 Å². The molecule has 0 spiro atoms. The molecule has 1 fully saturated rings. The van der Waals surface area contributed by atoms with Crippen LogP contribution in [0, 0.1) is 11.6 Å². The number of aliphatic hydroxyl groups is 1. The van der Waals surface area contributed by atoms with E-state index in [-0.39, 0.29) is 37.6 Å². The second-order valence-electron chi connectivity index (χ2n) is 5.79. The van der Waals surface area contributed by atoms with Gasteiger partial charge in [-0.05, 0) is 36.6 Å². The van der Waals surface area contributed by atoms with Crippen LogP contribution in [0.25, 0.3) is 0 Å². The molecule has 1 aliphatic heterocycles. The molecule has 2 rings (SSSR count). The van der Waals surface area contributed by atoms with Gasteiger partial charge in [0, 0.05) is 26.1 Å². The number of rotatable bonds is 5. The van der Waals surface area contributed by atoms with E-state index in [1.54, 1.807) is 4.90 Å². The molecule has 1 aromatic carbocycles. The Morgan fingerprint density at radius 2 is 1.96 bits per heavy atom. The maximum Gasteiger partial charge on any atom is 0.243 e. The molecule has 0 bridgehead atoms. The van der Waals surface area contributed by atoms with E-state index < -0.39 is 17.2 Å². The summed E-state index contributed by atoms with van der Waals surface area (Å²) in [6.07, 6.45) is 1.77. The molecule has 1 aliphatic rings. The van der Waals surface area contributed by atoms with Crippen molar-refractivity contribution in [2.45, 2.75) is 24.9 Å². The fraction of sp³-hybridized carbons (Fsp3) is 0.412. The third-order valence-electron chi connectivity index (χ3n) is 4.22. The topological polar surface area (TPSA) is 69.6 Å². The van der Waals surface area contributed by atoms with Crippen molar-refractivity contribution >= 4 is 11.8 Å². The van der Waals surface area contributed by atoms with Crippen molar-refractivity contribution in [2.75, 3.05) is 19.6 Å². The van der Waals surface area contributed by atoms with Crippen molar-refractivity contribution in [3.8, 4) is 0 Å². The Labute approximate surface area is 139 Å². The summed E-state index contributed by atoms with van der Waals surface area (Å²) in [6, 6.07) is 3.35. The maximum atomic E-state index is 13.4. The van der Waals surface area contributed by atoms with Crippen molar-refractivity contribution in [3.05, 3.63) is 48.1 Å². The molecule has 5 nitrogen and oxygen atoms in total. The molecule has 1 saturated heterocycles. The SMILES string of the molecule is C=CC(=O)NCCC(=O)N1CCC(O)(c2ccc(F)c(F)c2)CC1. The summed E-state index contributed by atoms with van der Waals surface area (Å²) in [4.78, 5) is 24.7. The van der Waals surface area contributed by atoms with Crippen LogP contribution in [0.5, 0.6) is 0 Å². The lowest BCUT2D eigenvalue weighted by Crippen LogP contribution is -2.45. The summed E-state index contributed by atoms with van der Waals surface area (Å²) in [7, 11) is 0. The molecule has 0 atom stereocenters. The van der Waals surface area contributed by atoms with E-state index in [2.05, 4.69) is 11.9 Å². The molecule has 0 radical (unpaired) electrons. The van der Waals surface area contributed by atoms with Gasteiger partial charge in [-0.2, -0.15) is 0 Å². The lowest BCUT2D eigenvalue weighted by atomic mass is 9.84. The largest absolute Gasteiger partial charge is 0.385 e. The van der Waals surface area contributed by atoms with E-state index in [0.717, 1.165) is 18.2 Å². The molecular formula is C17H20F2N2O3. The van der Waals surface area contributed by atoms with Crippen LogP contribution >= 0.6 is 0 Å². The second-order valence-corrected chi connectivity index (χ2v) is 5.79. The Kier molecular flexibility index (Phi) is 5.66. The van der Waals surface area contributed by atoms with Crippen LogP contribution in [0.2, 0.25) is 0 Å². The number of benzene rings is 1. The molecule has 24 heavy (non-hydrogen) atoms. The third-order valence-corrected chi connectivity index (χ3v) is 4.22. The Balaban J connectivity index is 1.90. The van der Waals surface area contributed by atoms with E-state index in [9.17, 15) is 23.5 Å². The smallest absolute Gasteiger partial charge is 0.243 e. The minimum atomic E-state index is -1.28. The lowest BCUT2D eigenvalue weighted by Gasteiger charge is -2.38. The number of likely N-dealkylation sites (tertiary alicyclic amines) is 1. The predicted octanol–water partition coefficient (Wildman–Crippen LogP) is 1.47. The average Bonchev–Trinajstić information content (AvgIpc) is 2.57. The van der Waals surface area contributed by atoms with Crippen LogP contribution < -0.4 is 5.32 Å². The highest BCUT2D eigenvalue weighted by Gasteiger charge is 2.35. The molecule has 7 heteroatoms. The van der Waals surface area contributed by atoms with Crippen LogP contribution in [0.3, 0.4) is 0 Å². The van der Waals surface area contributed by atoms with Gasteiger partial charge in [0.05, 0.1) is 5.60 Å². The van der Waals surface area contributed by atoms with Gasteiger partial charge in [0.1, 0.15) is 0 Å². The highest BCUT2D eigenvalue weighted by molar-refractivity contribution is 5.87. The number of hydrogen-bond donors (Lipinski definition) is 2. The Morgan fingerprint density at radius 1 is 1.29 bits per heavy atom. The minimum Gasteiger partial charge on any atom is -0.385 e. The van der Waals surface area contributed by atoms with Gasteiger partial charge in [-0.3, -0.25) is 9.59 Å². The van der Waals surface area contributed by atoms with Crippen LogP contribution in [0.1, 0.15) is 24.8 Å². The number of nitrogens with one attached hydrogen (secondary N) is 1. The van der Waals surface area contributed by atoms with Gasteiger partial charge in [-0.15, -0.1) is 0 Å². The van der Waals surface area contributed by atoms with Crippen molar-refractivity contribution in [1.29, 1.82) is 0 Å². The molecule has 0 aromatic heterocycles. The van der Waals surface area contributed by atoms with Crippen LogP contribution in [0.15, 0.2) is 30.9 Å². The zero-order valence-corrected chi connectivity index (χ0v) is 13.2.